The van der Waals surface area contributed by atoms with Crippen molar-refractivity contribution in [2.75, 3.05) is 6.61 Å². The van der Waals surface area contributed by atoms with Crippen LogP contribution in [0.4, 0.5) is 0 Å². The van der Waals surface area contributed by atoms with Gasteiger partial charge in [0, 0.05) is 11.8 Å². The monoisotopic (exact) mass is 328 g/mol. The van der Waals surface area contributed by atoms with Crippen molar-refractivity contribution in [1.29, 1.82) is 0 Å². The summed E-state index contributed by atoms with van der Waals surface area (Å²) in [5.74, 6) is -0.593. The van der Waals surface area contributed by atoms with Gasteiger partial charge < -0.3 is 9.84 Å². The van der Waals surface area contributed by atoms with Gasteiger partial charge in [-0.2, -0.15) is 4.98 Å². The van der Waals surface area contributed by atoms with Crippen LogP contribution in [0.15, 0.2) is 30.5 Å². The number of unbranched alkanes of at least 4 members (excludes halogenated alkanes) is 3. The molecule has 0 fully saturated rings. The second kappa shape index (κ2) is 9.01. The molecule has 0 radical (unpaired) electrons. The third-order valence-corrected chi connectivity index (χ3v) is 3.80. The van der Waals surface area contributed by atoms with Crippen LogP contribution < -0.4 is 0 Å². The Morgan fingerprint density at radius 2 is 1.88 bits per heavy atom. The number of carbonyl (C=O) groups is 1. The summed E-state index contributed by atoms with van der Waals surface area (Å²) < 4.78 is 4.85. The summed E-state index contributed by atoms with van der Waals surface area (Å²) in [6.07, 6.45) is 7.32. The quantitative estimate of drug-likeness (QED) is 0.582. The van der Waals surface area contributed by atoms with Gasteiger partial charge in [-0.25, -0.2) is 9.78 Å². The molecule has 5 heteroatoms. The minimum absolute atomic E-state index is 0.0202. The predicted octanol–water partition coefficient (Wildman–Crippen LogP) is 4.15. The predicted molar refractivity (Wildman–Crippen MR) is 92.9 cm³/mol. The van der Waals surface area contributed by atoms with E-state index in [-0.39, 0.29) is 18.1 Å². The summed E-state index contributed by atoms with van der Waals surface area (Å²) in [6.45, 7) is 4.14. The molecule has 1 N–H and O–H groups in total. The molecule has 24 heavy (non-hydrogen) atoms. The molecule has 0 saturated heterocycles. The zero-order valence-corrected chi connectivity index (χ0v) is 14.3. The SMILES string of the molecule is CCCCCCc1ccc(-c2ncc(C(=O)OCC)c(O)n2)cc1. The number of hydrogen-bond acceptors (Lipinski definition) is 5. The third kappa shape index (κ3) is 4.78. The lowest BCUT2D eigenvalue weighted by Crippen LogP contribution is -2.07. The number of aryl methyl sites for hydroxylation is 1. The summed E-state index contributed by atoms with van der Waals surface area (Å²) >= 11 is 0. The maximum Gasteiger partial charge on any atom is 0.345 e. The average Bonchev–Trinajstić information content (AvgIpc) is 2.59. The molecule has 0 aliphatic carbocycles. The van der Waals surface area contributed by atoms with Crippen LogP contribution in [0.2, 0.25) is 0 Å². The van der Waals surface area contributed by atoms with Crippen LogP contribution in [0.1, 0.15) is 55.5 Å². The number of carbonyl (C=O) groups excluding carboxylic acids is 1. The lowest BCUT2D eigenvalue weighted by molar-refractivity contribution is 0.0521. The van der Waals surface area contributed by atoms with Gasteiger partial charge in [-0.05, 0) is 25.3 Å². The molecule has 1 heterocycles. The molecule has 1 aromatic heterocycles. The van der Waals surface area contributed by atoms with Gasteiger partial charge >= 0.3 is 5.97 Å². The van der Waals surface area contributed by atoms with Crippen molar-refractivity contribution in [2.45, 2.75) is 46.0 Å². The van der Waals surface area contributed by atoms with Crippen LogP contribution in [-0.2, 0) is 11.2 Å². The highest BCUT2D eigenvalue weighted by Gasteiger charge is 2.15. The Morgan fingerprint density at radius 1 is 1.12 bits per heavy atom. The van der Waals surface area contributed by atoms with E-state index >= 15 is 0 Å². The van der Waals surface area contributed by atoms with E-state index in [9.17, 15) is 9.90 Å². The van der Waals surface area contributed by atoms with E-state index < -0.39 is 5.97 Å². The Balaban J connectivity index is 2.06. The number of hydrogen-bond donors (Lipinski definition) is 1. The van der Waals surface area contributed by atoms with E-state index in [0.29, 0.717) is 5.82 Å². The summed E-state index contributed by atoms with van der Waals surface area (Å²) in [7, 11) is 0. The Morgan fingerprint density at radius 3 is 2.50 bits per heavy atom. The molecule has 2 aromatic rings. The van der Waals surface area contributed by atoms with Gasteiger partial charge in [0.15, 0.2) is 5.82 Å². The van der Waals surface area contributed by atoms with Crippen molar-refractivity contribution >= 4 is 5.97 Å². The number of aromatic hydroxyl groups is 1. The van der Waals surface area contributed by atoms with Gasteiger partial charge in [0.25, 0.3) is 0 Å². The zero-order valence-electron chi connectivity index (χ0n) is 14.3. The maximum absolute atomic E-state index is 11.6. The van der Waals surface area contributed by atoms with Gasteiger partial charge in [0.1, 0.15) is 5.56 Å². The molecule has 0 atom stereocenters. The first-order chi connectivity index (χ1) is 11.7. The van der Waals surface area contributed by atoms with Crippen LogP contribution in [0, 0.1) is 0 Å². The van der Waals surface area contributed by atoms with Crippen LogP contribution in [0.25, 0.3) is 11.4 Å². The molecule has 5 nitrogen and oxygen atoms in total. The van der Waals surface area contributed by atoms with Gasteiger partial charge in [-0.15, -0.1) is 0 Å². The van der Waals surface area contributed by atoms with Crippen LogP contribution in [0.5, 0.6) is 5.88 Å². The molecule has 0 amide bonds. The van der Waals surface area contributed by atoms with Crippen molar-refractivity contribution in [3.63, 3.8) is 0 Å². The molecule has 1 aromatic carbocycles. The normalized spacial score (nSPS) is 10.6. The summed E-state index contributed by atoms with van der Waals surface area (Å²) in [5.41, 5.74) is 2.06. The van der Waals surface area contributed by atoms with E-state index in [4.69, 9.17) is 4.74 Å². The summed E-state index contributed by atoms with van der Waals surface area (Å²) in [6, 6.07) is 7.99. The van der Waals surface area contributed by atoms with Gasteiger partial charge in [-0.1, -0.05) is 50.5 Å². The Labute approximate surface area is 142 Å². The average molecular weight is 328 g/mol. The lowest BCUT2D eigenvalue weighted by Gasteiger charge is -2.06. The largest absolute Gasteiger partial charge is 0.493 e. The molecule has 0 aliphatic heterocycles. The molecule has 0 aliphatic rings. The fourth-order valence-electron chi connectivity index (χ4n) is 2.44. The van der Waals surface area contributed by atoms with Gasteiger partial charge in [-0.3, -0.25) is 0 Å². The molecular weight excluding hydrogens is 304 g/mol. The molecule has 0 unspecified atom stereocenters. The van der Waals surface area contributed by atoms with Crippen LogP contribution >= 0.6 is 0 Å². The molecule has 128 valence electrons. The fraction of sp³-hybridized carbons (Fsp3) is 0.421. The second-order valence-corrected chi connectivity index (χ2v) is 5.66. The number of rotatable bonds is 8. The molecule has 0 spiro atoms. The first-order valence-electron chi connectivity index (χ1n) is 8.48. The Kier molecular flexibility index (Phi) is 6.73. The Bertz CT molecular complexity index is 669. The highest BCUT2D eigenvalue weighted by Crippen LogP contribution is 2.21. The van der Waals surface area contributed by atoms with E-state index in [1.165, 1.54) is 37.4 Å². The lowest BCUT2D eigenvalue weighted by atomic mass is 10.0. The maximum atomic E-state index is 11.6. The second-order valence-electron chi connectivity index (χ2n) is 5.66. The van der Waals surface area contributed by atoms with Gasteiger partial charge in [0.05, 0.1) is 6.61 Å². The van der Waals surface area contributed by atoms with Gasteiger partial charge in [0.2, 0.25) is 5.88 Å². The molecule has 0 bridgehead atoms. The number of benzene rings is 1. The highest BCUT2D eigenvalue weighted by molar-refractivity contribution is 5.91. The zero-order chi connectivity index (χ0) is 17.4. The minimum Gasteiger partial charge on any atom is -0.493 e. The number of esters is 1. The summed E-state index contributed by atoms with van der Waals surface area (Å²) in [5, 5.41) is 9.92. The van der Waals surface area contributed by atoms with E-state index in [1.807, 2.05) is 12.1 Å². The minimum atomic E-state index is -0.621. The molecule has 2 rings (SSSR count). The van der Waals surface area contributed by atoms with E-state index in [0.717, 1.165) is 12.0 Å². The molecular formula is C19H24N2O3. The topological polar surface area (TPSA) is 72.3 Å². The highest BCUT2D eigenvalue weighted by atomic mass is 16.5. The number of nitrogens with zero attached hydrogens (tertiary/aromatic N) is 2. The van der Waals surface area contributed by atoms with Crippen LogP contribution in [-0.4, -0.2) is 27.7 Å². The fourth-order valence-corrected chi connectivity index (χ4v) is 2.44. The summed E-state index contributed by atoms with van der Waals surface area (Å²) in [4.78, 5) is 19.8. The number of aromatic nitrogens is 2. The first kappa shape index (κ1) is 17.9. The smallest absolute Gasteiger partial charge is 0.345 e. The van der Waals surface area contributed by atoms with Crippen molar-refractivity contribution in [3.05, 3.63) is 41.6 Å². The van der Waals surface area contributed by atoms with E-state index in [1.54, 1.807) is 6.92 Å². The van der Waals surface area contributed by atoms with Crippen molar-refractivity contribution in [2.24, 2.45) is 0 Å². The van der Waals surface area contributed by atoms with Crippen molar-refractivity contribution in [1.82, 2.24) is 9.97 Å². The number of ether oxygens (including phenoxy) is 1. The third-order valence-electron chi connectivity index (χ3n) is 3.80. The van der Waals surface area contributed by atoms with Crippen molar-refractivity contribution < 1.29 is 14.6 Å². The standard InChI is InChI=1S/C19H24N2O3/c1-3-5-6-7-8-14-9-11-15(12-10-14)17-20-13-16(18(22)21-17)19(23)24-4-2/h9-13H,3-8H2,1-2H3,(H,20,21,22). The van der Waals surface area contributed by atoms with Crippen molar-refractivity contribution in [3.8, 4) is 17.3 Å². The molecule has 0 saturated carbocycles. The first-order valence-corrected chi connectivity index (χ1v) is 8.48. The van der Waals surface area contributed by atoms with Crippen LogP contribution in [0.3, 0.4) is 0 Å². The Hall–Kier alpha value is -2.43. The van der Waals surface area contributed by atoms with E-state index in [2.05, 4.69) is 29.0 Å².